The second-order valence-electron chi connectivity index (χ2n) is 6.06. The van der Waals surface area contributed by atoms with Crippen LogP contribution in [-0.4, -0.2) is 13.4 Å². The molecule has 0 amide bonds. The van der Waals surface area contributed by atoms with Gasteiger partial charge in [0, 0.05) is 12.3 Å². The number of ether oxygens (including phenoxy) is 1. The Morgan fingerprint density at radius 1 is 1.07 bits per heavy atom. The molecule has 2 aromatic carbocycles. The summed E-state index contributed by atoms with van der Waals surface area (Å²) in [4.78, 5) is 3.67. The maximum absolute atomic E-state index is 12.7. The molecule has 0 saturated heterocycles. The highest BCUT2D eigenvalue weighted by Gasteiger charge is 2.31. The van der Waals surface area contributed by atoms with Crippen molar-refractivity contribution in [3.8, 4) is 11.6 Å². The Balaban J connectivity index is 1.80. The van der Waals surface area contributed by atoms with Gasteiger partial charge in [0.05, 0.1) is 16.1 Å². The van der Waals surface area contributed by atoms with E-state index in [9.17, 15) is 21.6 Å². The lowest BCUT2D eigenvalue weighted by Gasteiger charge is -2.12. The highest BCUT2D eigenvalue weighted by atomic mass is 35.5. The molecule has 0 aliphatic rings. The molecule has 152 valence electrons. The number of hydrogen-bond acceptors (Lipinski definition) is 4. The first kappa shape index (κ1) is 20.9. The molecule has 0 aliphatic heterocycles. The molecular weight excluding hydrogens is 429 g/mol. The van der Waals surface area contributed by atoms with Gasteiger partial charge in [0.2, 0.25) is 5.88 Å². The summed E-state index contributed by atoms with van der Waals surface area (Å²) in [6, 6.07) is 12.9. The first-order valence-corrected chi connectivity index (χ1v) is 10.0. The second-order valence-corrected chi connectivity index (χ2v) is 8.15. The van der Waals surface area contributed by atoms with Gasteiger partial charge in [0.15, 0.2) is 0 Å². The van der Waals surface area contributed by atoms with Gasteiger partial charge >= 0.3 is 6.18 Å². The van der Waals surface area contributed by atoms with Crippen LogP contribution < -0.4 is 9.46 Å². The molecule has 1 N–H and O–H groups in total. The summed E-state index contributed by atoms with van der Waals surface area (Å²) in [5.74, 6) is -0.0959. The molecule has 0 saturated carbocycles. The predicted octanol–water partition coefficient (Wildman–Crippen LogP) is 5.66. The number of nitrogens with zero attached hydrogens (tertiary/aromatic N) is 1. The molecule has 0 atom stereocenters. The average molecular weight is 443 g/mol. The highest BCUT2D eigenvalue weighted by molar-refractivity contribution is 7.92. The molecule has 3 aromatic rings. The van der Waals surface area contributed by atoms with Crippen LogP contribution >= 0.6 is 11.6 Å². The molecule has 0 spiro atoms. The van der Waals surface area contributed by atoms with E-state index in [1.165, 1.54) is 36.4 Å². The van der Waals surface area contributed by atoms with Crippen LogP contribution in [0.2, 0.25) is 5.02 Å². The third-order valence-electron chi connectivity index (χ3n) is 3.77. The number of aromatic nitrogens is 1. The molecule has 5 nitrogen and oxygen atoms in total. The van der Waals surface area contributed by atoms with Crippen molar-refractivity contribution in [2.75, 3.05) is 4.72 Å². The van der Waals surface area contributed by atoms with Crippen molar-refractivity contribution >= 4 is 27.3 Å². The van der Waals surface area contributed by atoms with Gasteiger partial charge in [-0.3, -0.25) is 4.72 Å². The summed E-state index contributed by atoms with van der Waals surface area (Å²) in [7, 11) is -3.82. The minimum absolute atomic E-state index is 0.0851. The van der Waals surface area contributed by atoms with Gasteiger partial charge in [0.25, 0.3) is 10.0 Å². The standard InChI is InChI=1S/C19H14ClF3N2O3S/c1-12-5-7-16(8-6-12)29(26,27)25-14-3-2-4-15(10-14)28-18-17(20)9-13(11-24-18)19(21,22)23/h2-11,25H,1H3. The molecule has 29 heavy (non-hydrogen) atoms. The van der Waals surface area contributed by atoms with Crippen molar-refractivity contribution in [2.24, 2.45) is 0 Å². The van der Waals surface area contributed by atoms with E-state index in [0.717, 1.165) is 5.56 Å². The number of sulfonamides is 1. The van der Waals surface area contributed by atoms with Crippen molar-refractivity contribution in [3.05, 3.63) is 76.9 Å². The molecule has 0 aliphatic carbocycles. The van der Waals surface area contributed by atoms with Crippen LogP contribution in [0.1, 0.15) is 11.1 Å². The zero-order valence-corrected chi connectivity index (χ0v) is 16.4. The summed E-state index contributed by atoms with van der Waals surface area (Å²) in [6.45, 7) is 1.84. The Labute approximate surface area is 170 Å². The fourth-order valence-electron chi connectivity index (χ4n) is 2.32. The van der Waals surface area contributed by atoms with Crippen LogP contribution in [0.4, 0.5) is 18.9 Å². The lowest BCUT2D eigenvalue weighted by molar-refractivity contribution is -0.137. The van der Waals surface area contributed by atoms with E-state index >= 15 is 0 Å². The zero-order valence-electron chi connectivity index (χ0n) is 14.9. The van der Waals surface area contributed by atoms with E-state index in [4.69, 9.17) is 16.3 Å². The third kappa shape index (κ3) is 5.18. The van der Waals surface area contributed by atoms with Crippen molar-refractivity contribution in [2.45, 2.75) is 18.0 Å². The molecule has 0 unspecified atom stereocenters. The number of halogens is 4. The first-order valence-electron chi connectivity index (χ1n) is 8.15. The number of hydrogen-bond donors (Lipinski definition) is 1. The Morgan fingerprint density at radius 2 is 1.76 bits per heavy atom. The quantitative estimate of drug-likeness (QED) is 0.554. The Kier molecular flexibility index (Phi) is 5.72. The molecular formula is C19H14ClF3N2O3S. The van der Waals surface area contributed by atoms with Crippen molar-refractivity contribution < 1.29 is 26.3 Å². The summed E-state index contributed by atoms with van der Waals surface area (Å²) >= 11 is 5.83. The topological polar surface area (TPSA) is 68.3 Å². The normalized spacial score (nSPS) is 11.9. The van der Waals surface area contributed by atoms with Gasteiger partial charge in [-0.2, -0.15) is 13.2 Å². The number of pyridine rings is 1. The van der Waals surface area contributed by atoms with Crippen LogP contribution in [0.3, 0.4) is 0 Å². The summed E-state index contributed by atoms with van der Waals surface area (Å²) < 4.78 is 70.9. The van der Waals surface area contributed by atoms with Gasteiger partial charge in [-0.25, -0.2) is 13.4 Å². The average Bonchev–Trinajstić information content (AvgIpc) is 2.63. The molecule has 0 radical (unpaired) electrons. The van der Waals surface area contributed by atoms with Gasteiger partial charge in [-0.05, 0) is 37.3 Å². The number of anilines is 1. The maximum Gasteiger partial charge on any atom is 0.417 e. The summed E-state index contributed by atoms with van der Waals surface area (Å²) in [5.41, 5.74) is 0.112. The van der Waals surface area contributed by atoms with Gasteiger partial charge in [0.1, 0.15) is 10.8 Å². The molecule has 3 rings (SSSR count). The Hall–Kier alpha value is -2.78. The zero-order chi connectivity index (χ0) is 21.2. The SMILES string of the molecule is Cc1ccc(S(=O)(=O)Nc2cccc(Oc3ncc(C(F)(F)F)cc3Cl)c2)cc1. The number of alkyl halides is 3. The van der Waals surface area contributed by atoms with Crippen molar-refractivity contribution in [3.63, 3.8) is 0 Å². The van der Waals surface area contributed by atoms with Crippen LogP contribution in [0, 0.1) is 6.92 Å². The number of nitrogens with one attached hydrogen (secondary N) is 1. The highest BCUT2D eigenvalue weighted by Crippen LogP contribution is 2.35. The smallest absolute Gasteiger partial charge is 0.417 e. The predicted molar refractivity (Wildman–Crippen MR) is 103 cm³/mol. The van der Waals surface area contributed by atoms with Gasteiger partial charge < -0.3 is 4.74 Å². The molecule has 0 fully saturated rings. The number of benzene rings is 2. The van der Waals surface area contributed by atoms with E-state index in [2.05, 4.69) is 9.71 Å². The minimum Gasteiger partial charge on any atom is -0.437 e. The van der Waals surface area contributed by atoms with Crippen LogP contribution in [-0.2, 0) is 16.2 Å². The van der Waals surface area contributed by atoms with E-state index in [1.807, 2.05) is 6.92 Å². The van der Waals surface area contributed by atoms with Crippen molar-refractivity contribution in [1.29, 1.82) is 0 Å². The molecule has 1 aromatic heterocycles. The molecule has 1 heterocycles. The molecule has 0 bridgehead atoms. The fraction of sp³-hybridized carbons (Fsp3) is 0.105. The third-order valence-corrected chi connectivity index (χ3v) is 5.43. The van der Waals surface area contributed by atoms with Crippen LogP contribution in [0.5, 0.6) is 11.6 Å². The second kappa shape index (κ2) is 7.92. The Bertz CT molecular complexity index is 1130. The maximum atomic E-state index is 12.7. The lowest BCUT2D eigenvalue weighted by atomic mass is 10.2. The van der Waals surface area contributed by atoms with Crippen molar-refractivity contribution in [1.82, 2.24) is 4.98 Å². The van der Waals surface area contributed by atoms with E-state index < -0.39 is 21.8 Å². The van der Waals surface area contributed by atoms with Crippen LogP contribution in [0.25, 0.3) is 0 Å². The largest absolute Gasteiger partial charge is 0.437 e. The summed E-state index contributed by atoms with van der Waals surface area (Å²) in [5, 5.41) is -0.328. The lowest BCUT2D eigenvalue weighted by Crippen LogP contribution is -2.12. The van der Waals surface area contributed by atoms with E-state index in [0.29, 0.717) is 12.3 Å². The fourth-order valence-corrected chi connectivity index (χ4v) is 3.58. The van der Waals surface area contributed by atoms with E-state index in [-0.39, 0.29) is 27.2 Å². The Morgan fingerprint density at radius 3 is 2.38 bits per heavy atom. The van der Waals surface area contributed by atoms with E-state index in [1.54, 1.807) is 12.1 Å². The first-order chi connectivity index (χ1) is 13.5. The number of rotatable bonds is 5. The van der Waals surface area contributed by atoms with Gasteiger partial charge in [-0.1, -0.05) is 35.4 Å². The monoisotopic (exact) mass is 442 g/mol. The number of aryl methyl sites for hydroxylation is 1. The molecule has 10 heteroatoms. The van der Waals surface area contributed by atoms with Gasteiger partial charge in [-0.15, -0.1) is 0 Å². The summed E-state index contributed by atoms with van der Waals surface area (Å²) in [6.07, 6.45) is -3.98. The minimum atomic E-state index is -4.58. The van der Waals surface area contributed by atoms with Crippen LogP contribution in [0.15, 0.2) is 65.7 Å².